The molecule has 102 valence electrons. The summed E-state index contributed by atoms with van der Waals surface area (Å²) in [6.45, 7) is 9.77. The molecule has 0 aliphatic heterocycles. The van der Waals surface area contributed by atoms with Gasteiger partial charge in [0.15, 0.2) is 0 Å². The summed E-state index contributed by atoms with van der Waals surface area (Å²) in [5.74, 6) is 2.70. The van der Waals surface area contributed by atoms with Crippen molar-refractivity contribution in [2.75, 3.05) is 11.9 Å². The Kier molecular flexibility index (Phi) is 6.89. The molecule has 0 aliphatic carbocycles. The summed E-state index contributed by atoms with van der Waals surface area (Å²) in [5, 5.41) is 3.41. The second-order valence-corrected chi connectivity index (χ2v) is 6.04. The molecule has 0 amide bonds. The minimum atomic E-state index is 0.699. The van der Waals surface area contributed by atoms with Crippen molar-refractivity contribution in [3.8, 4) is 0 Å². The summed E-state index contributed by atoms with van der Waals surface area (Å²) < 4.78 is 1.18. The first-order chi connectivity index (χ1) is 8.58. The summed E-state index contributed by atoms with van der Waals surface area (Å²) >= 11 is 2.35. The van der Waals surface area contributed by atoms with E-state index < -0.39 is 0 Å². The highest BCUT2D eigenvalue weighted by atomic mass is 127. The van der Waals surface area contributed by atoms with Crippen molar-refractivity contribution in [2.45, 2.75) is 53.4 Å². The Morgan fingerprint density at radius 2 is 1.94 bits per heavy atom. The van der Waals surface area contributed by atoms with E-state index in [-0.39, 0.29) is 0 Å². The van der Waals surface area contributed by atoms with E-state index in [1.807, 2.05) is 0 Å². The molecule has 0 atom stereocenters. The van der Waals surface area contributed by atoms with Gasteiger partial charge in [0.1, 0.15) is 11.6 Å². The SMILES string of the molecule is CCCNc1nc(CCC(C)C)nc(CC)c1I. The van der Waals surface area contributed by atoms with Crippen LogP contribution in [0.3, 0.4) is 0 Å². The summed E-state index contributed by atoms with van der Waals surface area (Å²) in [6.07, 6.45) is 4.21. The molecule has 0 unspecified atom stereocenters. The van der Waals surface area contributed by atoms with Gasteiger partial charge in [-0.15, -0.1) is 0 Å². The maximum Gasteiger partial charge on any atom is 0.143 e. The fourth-order valence-corrected chi connectivity index (χ4v) is 2.48. The van der Waals surface area contributed by atoms with Crippen LogP contribution < -0.4 is 5.32 Å². The molecule has 0 radical (unpaired) electrons. The van der Waals surface area contributed by atoms with Gasteiger partial charge in [-0.25, -0.2) is 9.97 Å². The van der Waals surface area contributed by atoms with Crippen LogP contribution in [0.1, 0.15) is 52.1 Å². The van der Waals surface area contributed by atoms with Gasteiger partial charge in [0.05, 0.1) is 9.26 Å². The zero-order chi connectivity index (χ0) is 13.5. The molecule has 0 aromatic carbocycles. The number of anilines is 1. The Balaban J connectivity index is 2.90. The van der Waals surface area contributed by atoms with Crippen LogP contribution in [0.15, 0.2) is 0 Å². The van der Waals surface area contributed by atoms with E-state index in [9.17, 15) is 0 Å². The zero-order valence-corrected chi connectivity index (χ0v) is 14.0. The predicted octanol–water partition coefficient (Wildman–Crippen LogP) is 4.05. The van der Waals surface area contributed by atoms with Crippen LogP contribution in [0.25, 0.3) is 0 Å². The molecule has 4 heteroatoms. The van der Waals surface area contributed by atoms with Gasteiger partial charge in [0.25, 0.3) is 0 Å². The number of nitrogens with zero attached hydrogens (tertiary/aromatic N) is 2. The van der Waals surface area contributed by atoms with Crippen molar-refractivity contribution in [3.63, 3.8) is 0 Å². The highest BCUT2D eigenvalue weighted by Crippen LogP contribution is 2.20. The molecule has 0 spiro atoms. The number of hydrogen-bond acceptors (Lipinski definition) is 3. The molecule has 1 heterocycles. The van der Waals surface area contributed by atoms with Gasteiger partial charge in [0, 0.05) is 13.0 Å². The molecular formula is C14H24IN3. The predicted molar refractivity (Wildman–Crippen MR) is 86.1 cm³/mol. The van der Waals surface area contributed by atoms with Gasteiger partial charge in [-0.1, -0.05) is 27.7 Å². The van der Waals surface area contributed by atoms with Gasteiger partial charge in [-0.3, -0.25) is 0 Å². The van der Waals surface area contributed by atoms with Crippen molar-refractivity contribution in [2.24, 2.45) is 5.92 Å². The van der Waals surface area contributed by atoms with Gasteiger partial charge in [-0.05, 0) is 47.8 Å². The molecule has 0 fully saturated rings. The minimum Gasteiger partial charge on any atom is -0.369 e. The first-order valence-corrected chi connectivity index (χ1v) is 7.95. The maximum absolute atomic E-state index is 4.67. The van der Waals surface area contributed by atoms with Crippen molar-refractivity contribution in [1.29, 1.82) is 0 Å². The molecule has 0 saturated carbocycles. The highest BCUT2D eigenvalue weighted by molar-refractivity contribution is 14.1. The molecule has 18 heavy (non-hydrogen) atoms. The van der Waals surface area contributed by atoms with Gasteiger partial charge in [0.2, 0.25) is 0 Å². The lowest BCUT2D eigenvalue weighted by atomic mass is 10.1. The lowest BCUT2D eigenvalue weighted by molar-refractivity contribution is 0.573. The summed E-state index contributed by atoms with van der Waals surface area (Å²) in [7, 11) is 0. The summed E-state index contributed by atoms with van der Waals surface area (Å²) in [4.78, 5) is 9.33. The van der Waals surface area contributed by atoms with Crippen LogP contribution in [-0.2, 0) is 12.8 Å². The monoisotopic (exact) mass is 361 g/mol. The number of aromatic nitrogens is 2. The lowest BCUT2D eigenvalue weighted by Gasteiger charge is -2.12. The fourth-order valence-electron chi connectivity index (χ4n) is 1.67. The molecule has 0 saturated heterocycles. The summed E-state index contributed by atoms with van der Waals surface area (Å²) in [5.41, 5.74) is 1.17. The third-order valence-corrected chi connectivity index (χ3v) is 3.92. The van der Waals surface area contributed by atoms with Crippen molar-refractivity contribution in [1.82, 2.24) is 9.97 Å². The Labute approximate surface area is 124 Å². The van der Waals surface area contributed by atoms with Crippen LogP contribution in [0.5, 0.6) is 0 Å². The minimum absolute atomic E-state index is 0.699. The average molecular weight is 361 g/mol. The lowest BCUT2D eigenvalue weighted by Crippen LogP contribution is -2.11. The Morgan fingerprint density at radius 3 is 2.50 bits per heavy atom. The van der Waals surface area contributed by atoms with E-state index in [2.05, 4.69) is 65.6 Å². The smallest absolute Gasteiger partial charge is 0.143 e. The van der Waals surface area contributed by atoms with Crippen LogP contribution >= 0.6 is 22.6 Å². The van der Waals surface area contributed by atoms with Crippen LogP contribution in [0.4, 0.5) is 5.82 Å². The number of hydrogen-bond donors (Lipinski definition) is 1. The van der Waals surface area contributed by atoms with Crippen LogP contribution in [0, 0.1) is 9.49 Å². The number of aryl methyl sites for hydroxylation is 2. The van der Waals surface area contributed by atoms with E-state index in [0.717, 1.165) is 43.9 Å². The standard InChI is InChI=1S/C14H24IN3/c1-5-9-16-14-13(15)11(6-2)17-12(18-14)8-7-10(3)4/h10H,5-9H2,1-4H3,(H,16,17,18). The van der Waals surface area contributed by atoms with E-state index in [1.54, 1.807) is 0 Å². The molecule has 1 N–H and O–H groups in total. The highest BCUT2D eigenvalue weighted by Gasteiger charge is 2.11. The molecule has 1 aromatic rings. The first-order valence-electron chi connectivity index (χ1n) is 6.87. The number of nitrogens with one attached hydrogen (secondary N) is 1. The zero-order valence-electron chi connectivity index (χ0n) is 11.9. The fraction of sp³-hybridized carbons (Fsp3) is 0.714. The molecule has 1 rings (SSSR count). The maximum atomic E-state index is 4.67. The van der Waals surface area contributed by atoms with E-state index in [4.69, 9.17) is 0 Å². The van der Waals surface area contributed by atoms with Gasteiger partial charge >= 0.3 is 0 Å². The Morgan fingerprint density at radius 1 is 1.22 bits per heavy atom. The third-order valence-electron chi connectivity index (χ3n) is 2.79. The molecular weight excluding hydrogens is 337 g/mol. The van der Waals surface area contributed by atoms with Gasteiger partial charge in [-0.2, -0.15) is 0 Å². The van der Waals surface area contributed by atoms with E-state index >= 15 is 0 Å². The quantitative estimate of drug-likeness (QED) is 0.745. The molecule has 3 nitrogen and oxygen atoms in total. The van der Waals surface area contributed by atoms with Crippen molar-refractivity contribution >= 4 is 28.4 Å². The van der Waals surface area contributed by atoms with E-state index in [1.165, 1.54) is 9.26 Å². The second kappa shape index (κ2) is 7.92. The van der Waals surface area contributed by atoms with Gasteiger partial charge < -0.3 is 5.32 Å². The number of rotatable bonds is 7. The Bertz CT molecular complexity index is 378. The van der Waals surface area contributed by atoms with Crippen molar-refractivity contribution < 1.29 is 0 Å². The Hall–Kier alpha value is -0.390. The third kappa shape index (κ3) is 4.71. The normalized spacial score (nSPS) is 11.0. The topological polar surface area (TPSA) is 37.8 Å². The second-order valence-electron chi connectivity index (χ2n) is 4.96. The number of halogens is 1. The molecule has 0 bridgehead atoms. The van der Waals surface area contributed by atoms with Crippen LogP contribution in [0.2, 0.25) is 0 Å². The van der Waals surface area contributed by atoms with E-state index in [0.29, 0.717) is 5.92 Å². The summed E-state index contributed by atoms with van der Waals surface area (Å²) in [6, 6.07) is 0. The molecule has 1 aromatic heterocycles. The average Bonchev–Trinajstić information content (AvgIpc) is 2.35. The van der Waals surface area contributed by atoms with Crippen molar-refractivity contribution in [3.05, 3.63) is 15.1 Å². The van der Waals surface area contributed by atoms with Crippen LogP contribution in [-0.4, -0.2) is 16.5 Å². The first kappa shape index (κ1) is 15.7. The largest absolute Gasteiger partial charge is 0.369 e. The molecule has 0 aliphatic rings.